The molecule has 0 spiro atoms. The van der Waals surface area contributed by atoms with Crippen LogP contribution < -0.4 is 10.1 Å². The molecule has 132 valence electrons. The number of nitrogens with one attached hydrogen (secondary N) is 1. The number of amides is 1. The van der Waals surface area contributed by atoms with Gasteiger partial charge >= 0.3 is 0 Å². The summed E-state index contributed by atoms with van der Waals surface area (Å²) in [6.07, 6.45) is 1.73. The third kappa shape index (κ3) is 4.07. The van der Waals surface area contributed by atoms with Crippen molar-refractivity contribution in [3.8, 4) is 11.5 Å². The van der Waals surface area contributed by atoms with E-state index < -0.39 is 0 Å². The SMILES string of the molecule is O=C1NC(c2cccc(Cl)c2)=NC1=Cc1cccc(Oc2ccccc2)c1. The van der Waals surface area contributed by atoms with E-state index in [1.807, 2.05) is 66.7 Å². The van der Waals surface area contributed by atoms with Crippen LogP contribution in [-0.2, 0) is 4.79 Å². The Morgan fingerprint density at radius 3 is 2.48 bits per heavy atom. The van der Waals surface area contributed by atoms with E-state index in [0.717, 1.165) is 16.9 Å². The summed E-state index contributed by atoms with van der Waals surface area (Å²) in [4.78, 5) is 16.7. The summed E-state index contributed by atoms with van der Waals surface area (Å²) in [5.74, 6) is 1.68. The third-order valence-corrected chi connectivity index (χ3v) is 4.17. The van der Waals surface area contributed by atoms with Gasteiger partial charge in [0.1, 0.15) is 23.0 Å². The molecule has 1 heterocycles. The average Bonchev–Trinajstić information content (AvgIpc) is 3.03. The maximum atomic E-state index is 12.3. The predicted octanol–water partition coefficient (Wildman–Crippen LogP) is 5.05. The zero-order valence-electron chi connectivity index (χ0n) is 14.2. The van der Waals surface area contributed by atoms with Crippen molar-refractivity contribution in [1.82, 2.24) is 5.32 Å². The second kappa shape index (κ2) is 7.48. The first-order chi connectivity index (χ1) is 13.2. The molecule has 0 aliphatic carbocycles. The number of rotatable bonds is 4. The van der Waals surface area contributed by atoms with Crippen molar-refractivity contribution < 1.29 is 9.53 Å². The summed E-state index contributed by atoms with van der Waals surface area (Å²) in [6.45, 7) is 0. The van der Waals surface area contributed by atoms with Crippen molar-refractivity contribution in [2.45, 2.75) is 0 Å². The van der Waals surface area contributed by atoms with Crippen molar-refractivity contribution in [2.24, 2.45) is 4.99 Å². The monoisotopic (exact) mass is 374 g/mol. The van der Waals surface area contributed by atoms with Gasteiger partial charge in [0.2, 0.25) is 0 Å². The van der Waals surface area contributed by atoms with Gasteiger partial charge in [0.15, 0.2) is 0 Å². The van der Waals surface area contributed by atoms with E-state index in [-0.39, 0.29) is 5.91 Å². The van der Waals surface area contributed by atoms with E-state index >= 15 is 0 Å². The number of aliphatic imine (C=N–C) groups is 1. The van der Waals surface area contributed by atoms with Gasteiger partial charge < -0.3 is 10.1 Å². The molecule has 0 bridgehead atoms. The summed E-state index contributed by atoms with van der Waals surface area (Å²) < 4.78 is 5.83. The molecule has 1 amide bonds. The molecule has 1 N–H and O–H groups in total. The first-order valence-corrected chi connectivity index (χ1v) is 8.76. The highest BCUT2D eigenvalue weighted by molar-refractivity contribution is 6.31. The Kier molecular flexibility index (Phi) is 4.73. The van der Waals surface area contributed by atoms with E-state index in [2.05, 4.69) is 10.3 Å². The Hall–Kier alpha value is -3.37. The number of benzene rings is 3. The zero-order valence-corrected chi connectivity index (χ0v) is 15.0. The Morgan fingerprint density at radius 2 is 1.67 bits per heavy atom. The van der Waals surface area contributed by atoms with Gasteiger partial charge in [-0.25, -0.2) is 4.99 Å². The van der Waals surface area contributed by atoms with Crippen LogP contribution in [0.2, 0.25) is 5.02 Å². The molecule has 3 aromatic rings. The fraction of sp³-hybridized carbons (Fsp3) is 0. The van der Waals surface area contributed by atoms with E-state index in [1.165, 1.54) is 0 Å². The molecule has 4 rings (SSSR count). The summed E-state index contributed by atoms with van der Waals surface area (Å²) >= 11 is 6.01. The number of carbonyl (C=O) groups excluding carboxylic acids is 1. The second-order valence-electron chi connectivity index (χ2n) is 5.94. The predicted molar refractivity (Wildman–Crippen MR) is 107 cm³/mol. The van der Waals surface area contributed by atoms with E-state index in [1.54, 1.807) is 18.2 Å². The van der Waals surface area contributed by atoms with Crippen LogP contribution in [0.15, 0.2) is 89.6 Å². The van der Waals surface area contributed by atoms with Gasteiger partial charge in [0, 0.05) is 10.6 Å². The number of amidine groups is 1. The normalized spacial score (nSPS) is 14.8. The minimum absolute atomic E-state index is 0.251. The molecule has 0 saturated heterocycles. The van der Waals surface area contributed by atoms with Gasteiger partial charge in [-0.15, -0.1) is 0 Å². The number of hydrogen-bond acceptors (Lipinski definition) is 3. The van der Waals surface area contributed by atoms with Gasteiger partial charge in [-0.3, -0.25) is 4.79 Å². The number of nitrogens with zero attached hydrogens (tertiary/aromatic N) is 1. The molecule has 3 aromatic carbocycles. The number of ether oxygens (including phenoxy) is 1. The van der Waals surface area contributed by atoms with E-state index in [4.69, 9.17) is 16.3 Å². The van der Waals surface area contributed by atoms with E-state index in [0.29, 0.717) is 22.3 Å². The van der Waals surface area contributed by atoms with Crippen molar-refractivity contribution in [3.05, 3.63) is 101 Å². The lowest BCUT2D eigenvalue weighted by atomic mass is 10.2. The lowest BCUT2D eigenvalue weighted by Gasteiger charge is -2.06. The van der Waals surface area contributed by atoms with Crippen molar-refractivity contribution in [1.29, 1.82) is 0 Å². The lowest BCUT2D eigenvalue weighted by molar-refractivity contribution is -0.115. The first-order valence-electron chi connectivity index (χ1n) is 8.38. The average molecular weight is 375 g/mol. The summed E-state index contributed by atoms with van der Waals surface area (Å²) in [5.41, 5.74) is 1.92. The van der Waals surface area contributed by atoms with E-state index in [9.17, 15) is 4.79 Å². The molecule has 27 heavy (non-hydrogen) atoms. The number of para-hydroxylation sites is 1. The molecule has 1 aliphatic rings. The summed E-state index contributed by atoms with van der Waals surface area (Å²) in [5, 5.41) is 3.37. The Bertz CT molecular complexity index is 1060. The maximum Gasteiger partial charge on any atom is 0.275 e. The van der Waals surface area contributed by atoms with Crippen LogP contribution in [0, 0.1) is 0 Å². The standard InChI is InChI=1S/C22H15ClN2O2/c23-17-8-5-7-16(14-17)21-24-20(22(26)25-21)13-15-6-4-11-19(12-15)27-18-9-2-1-3-10-18/h1-14H,(H,24,25,26). The Labute approximate surface area is 161 Å². The fourth-order valence-corrected chi connectivity index (χ4v) is 2.88. The second-order valence-corrected chi connectivity index (χ2v) is 6.38. The highest BCUT2D eigenvalue weighted by Gasteiger charge is 2.21. The van der Waals surface area contributed by atoms with Crippen LogP contribution in [0.5, 0.6) is 11.5 Å². The van der Waals surface area contributed by atoms with Gasteiger partial charge in [-0.1, -0.05) is 54.1 Å². The van der Waals surface area contributed by atoms with Crippen LogP contribution in [0.4, 0.5) is 0 Å². The molecule has 1 aliphatic heterocycles. The molecule has 5 heteroatoms. The minimum atomic E-state index is -0.251. The van der Waals surface area contributed by atoms with Crippen LogP contribution >= 0.6 is 11.6 Å². The molecule has 0 unspecified atom stereocenters. The van der Waals surface area contributed by atoms with Crippen LogP contribution in [0.3, 0.4) is 0 Å². The van der Waals surface area contributed by atoms with Gasteiger partial charge in [-0.05, 0) is 48.0 Å². The van der Waals surface area contributed by atoms with Crippen LogP contribution in [0.25, 0.3) is 6.08 Å². The molecular formula is C22H15ClN2O2. The van der Waals surface area contributed by atoms with Crippen LogP contribution in [-0.4, -0.2) is 11.7 Å². The van der Waals surface area contributed by atoms with Crippen molar-refractivity contribution >= 4 is 29.4 Å². The molecule has 0 radical (unpaired) electrons. The molecule has 0 fully saturated rings. The topological polar surface area (TPSA) is 50.7 Å². The minimum Gasteiger partial charge on any atom is -0.457 e. The highest BCUT2D eigenvalue weighted by atomic mass is 35.5. The maximum absolute atomic E-state index is 12.3. The largest absolute Gasteiger partial charge is 0.457 e. The number of hydrogen-bond donors (Lipinski definition) is 1. The van der Waals surface area contributed by atoms with Crippen molar-refractivity contribution in [2.75, 3.05) is 0 Å². The molecular weight excluding hydrogens is 360 g/mol. The third-order valence-electron chi connectivity index (χ3n) is 3.94. The van der Waals surface area contributed by atoms with Crippen LogP contribution in [0.1, 0.15) is 11.1 Å². The first kappa shape index (κ1) is 17.1. The fourth-order valence-electron chi connectivity index (χ4n) is 2.69. The Morgan fingerprint density at radius 1 is 0.889 bits per heavy atom. The zero-order chi connectivity index (χ0) is 18.6. The lowest BCUT2D eigenvalue weighted by Crippen LogP contribution is -2.24. The quantitative estimate of drug-likeness (QED) is 0.649. The molecule has 4 nitrogen and oxygen atoms in total. The molecule has 0 saturated carbocycles. The molecule has 0 atom stereocenters. The Balaban J connectivity index is 1.59. The number of carbonyl (C=O) groups is 1. The van der Waals surface area contributed by atoms with Crippen molar-refractivity contribution in [3.63, 3.8) is 0 Å². The summed E-state index contributed by atoms with van der Waals surface area (Å²) in [7, 11) is 0. The van der Waals surface area contributed by atoms with Gasteiger partial charge in [0.05, 0.1) is 0 Å². The van der Waals surface area contributed by atoms with Gasteiger partial charge in [0.25, 0.3) is 5.91 Å². The summed E-state index contributed by atoms with van der Waals surface area (Å²) in [6, 6.07) is 24.2. The molecule has 0 aromatic heterocycles. The van der Waals surface area contributed by atoms with Gasteiger partial charge in [-0.2, -0.15) is 0 Å². The number of halogens is 1. The highest BCUT2D eigenvalue weighted by Crippen LogP contribution is 2.24. The smallest absolute Gasteiger partial charge is 0.275 e.